The van der Waals surface area contributed by atoms with E-state index in [1.54, 1.807) is 5.57 Å². The van der Waals surface area contributed by atoms with E-state index in [0.717, 1.165) is 13.1 Å². The maximum absolute atomic E-state index is 2.57. The van der Waals surface area contributed by atoms with E-state index in [2.05, 4.69) is 65.5 Å². The minimum atomic E-state index is 0.237. The number of hydrogen-bond acceptors (Lipinski definition) is 1. The largest absolute Gasteiger partial charge is 0.296 e. The van der Waals surface area contributed by atoms with Gasteiger partial charge in [-0.3, -0.25) is 4.90 Å². The van der Waals surface area contributed by atoms with Crippen LogP contribution < -0.4 is 0 Å². The highest BCUT2D eigenvalue weighted by atomic mass is 15.1. The summed E-state index contributed by atoms with van der Waals surface area (Å²) in [6.45, 7) is 19.7. The van der Waals surface area contributed by atoms with Crippen LogP contribution >= 0.6 is 0 Å². The normalized spacial score (nSPS) is 19.3. The Labute approximate surface area is 114 Å². The van der Waals surface area contributed by atoms with Crippen LogP contribution in [0.3, 0.4) is 0 Å². The molecule has 0 aromatic heterocycles. The van der Waals surface area contributed by atoms with Crippen LogP contribution in [0.2, 0.25) is 0 Å². The summed E-state index contributed by atoms with van der Waals surface area (Å²) in [5, 5.41) is 0. The van der Waals surface area contributed by atoms with Gasteiger partial charge in [0, 0.05) is 13.1 Å². The minimum Gasteiger partial charge on any atom is -0.296 e. The number of nitrogens with zero attached hydrogens (tertiary/aromatic N) is 1. The average Bonchev–Trinajstić information content (AvgIpc) is 2.39. The second kappa shape index (κ2) is 5.61. The fourth-order valence-corrected chi connectivity index (χ4v) is 2.62. The predicted octanol–water partition coefficient (Wildman–Crippen LogP) is 4.66. The molecule has 1 heterocycles. The maximum atomic E-state index is 2.57. The summed E-state index contributed by atoms with van der Waals surface area (Å²) < 4.78 is 0. The van der Waals surface area contributed by atoms with E-state index in [1.807, 2.05) is 0 Å². The SMILES string of the molecule is CCCN1CC=CC(C(C)(C)C)=C(C(C)(C)C)C1. The summed E-state index contributed by atoms with van der Waals surface area (Å²) in [5.41, 5.74) is 3.63. The van der Waals surface area contributed by atoms with Gasteiger partial charge in [-0.05, 0) is 34.9 Å². The Bertz CT molecular complexity index is 334. The van der Waals surface area contributed by atoms with Crippen molar-refractivity contribution in [2.24, 2.45) is 10.8 Å². The molecule has 1 nitrogen and oxygen atoms in total. The Morgan fingerprint density at radius 1 is 1.06 bits per heavy atom. The third-order valence-electron chi connectivity index (χ3n) is 3.61. The van der Waals surface area contributed by atoms with Gasteiger partial charge in [0.05, 0.1) is 0 Å². The van der Waals surface area contributed by atoms with Gasteiger partial charge in [-0.15, -0.1) is 0 Å². The lowest BCUT2D eigenvalue weighted by atomic mass is 9.75. The molecule has 0 bridgehead atoms. The molecule has 0 atom stereocenters. The molecule has 0 aromatic rings. The second-order valence-electron chi connectivity index (χ2n) is 7.53. The van der Waals surface area contributed by atoms with Crippen LogP contribution in [-0.4, -0.2) is 24.5 Å². The molecule has 0 amide bonds. The molecule has 0 saturated heterocycles. The van der Waals surface area contributed by atoms with Gasteiger partial charge in [0.15, 0.2) is 0 Å². The molecule has 0 aromatic carbocycles. The van der Waals surface area contributed by atoms with Gasteiger partial charge >= 0.3 is 0 Å². The quantitative estimate of drug-likeness (QED) is 0.688. The molecule has 1 rings (SSSR count). The van der Waals surface area contributed by atoms with Crippen molar-refractivity contribution in [3.63, 3.8) is 0 Å². The summed E-state index contributed by atoms with van der Waals surface area (Å²) in [6, 6.07) is 0. The van der Waals surface area contributed by atoms with Crippen LogP contribution in [0.25, 0.3) is 0 Å². The average molecular weight is 249 g/mol. The van der Waals surface area contributed by atoms with Crippen molar-refractivity contribution in [2.45, 2.75) is 54.9 Å². The molecule has 0 N–H and O–H groups in total. The van der Waals surface area contributed by atoms with E-state index in [1.165, 1.54) is 18.5 Å². The fourth-order valence-electron chi connectivity index (χ4n) is 2.62. The van der Waals surface area contributed by atoms with Crippen LogP contribution in [0.1, 0.15) is 54.9 Å². The van der Waals surface area contributed by atoms with Crippen LogP contribution in [0.15, 0.2) is 23.3 Å². The highest BCUT2D eigenvalue weighted by molar-refractivity contribution is 5.36. The molecule has 0 saturated carbocycles. The van der Waals surface area contributed by atoms with Crippen molar-refractivity contribution >= 4 is 0 Å². The van der Waals surface area contributed by atoms with Crippen LogP contribution in [-0.2, 0) is 0 Å². The van der Waals surface area contributed by atoms with Crippen molar-refractivity contribution in [3.8, 4) is 0 Å². The Morgan fingerprint density at radius 2 is 1.67 bits per heavy atom. The zero-order valence-corrected chi connectivity index (χ0v) is 13.4. The van der Waals surface area contributed by atoms with Crippen molar-refractivity contribution in [2.75, 3.05) is 19.6 Å². The molecular weight excluding hydrogens is 218 g/mol. The first-order valence-corrected chi connectivity index (χ1v) is 7.29. The second-order valence-corrected chi connectivity index (χ2v) is 7.53. The Kier molecular flexibility index (Phi) is 4.83. The van der Waals surface area contributed by atoms with Gasteiger partial charge in [0.2, 0.25) is 0 Å². The fraction of sp³-hybridized carbons (Fsp3) is 0.765. The van der Waals surface area contributed by atoms with Gasteiger partial charge in [-0.25, -0.2) is 0 Å². The molecule has 0 fully saturated rings. The molecule has 104 valence electrons. The predicted molar refractivity (Wildman–Crippen MR) is 81.8 cm³/mol. The topological polar surface area (TPSA) is 3.24 Å². The Hall–Kier alpha value is -0.560. The lowest BCUT2D eigenvalue weighted by Crippen LogP contribution is -2.31. The molecular formula is C17H31N. The highest BCUT2D eigenvalue weighted by Crippen LogP contribution is 2.38. The number of allylic oxidation sites excluding steroid dienone is 2. The van der Waals surface area contributed by atoms with Crippen LogP contribution in [0, 0.1) is 10.8 Å². The molecule has 1 aliphatic heterocycles. The molecule has 0 radical (unpaired) electrons. The Balaban J connectivity index is 3.17. The number of hydrogen-bond donors (Lipinski definition) is 0. The summed E-state index contributed by atoms with van der Waals surface area (Å²) in [5.74, 6) is 0. The summed E-state index contributed by atoms with van der Waals surface area (Å²) >= 11 is 0. The minimum absolute atomic E-state index is 0.237. The number of rotatable bonds is 2. The van der Waals surface area contributed by atoms with E-state index in [4.69, 9.17) is 0 Å². The first kappa shape index (κ1) is 15.5. The standard InChI is InChI=1S/C17H31N/c1-8-11-18-12-9-10-14(16(2,3)4)15(13-18)17(5,6)7/h9-10H,8,11-13H2,1-7H3. The van der Waals surface area contributed by atoms with E-state index >= 15 is 0 Å². The van der Waals surface area contributed by atoms with Crippen molar-refractivity contribution < 1.29 is 0 Å². The van der Waals surface area contributed by atoms with Gasteiger partial charge in [-0.1, -0.05) is 60.6 Å². The third kappa shape index (κ3) is 3.98. The van der Waals surface area contributed by atoms with Crippen molar-refractivity contribution in [3.05, 3.63) is 23.3 Å². The van der Waals surface area contributed by atoms with E-state index in [-0.39, 0.29) is 10.8 Å². The van der Waals surface area contributed by atoms with Crippen molar-refractivity contribution in [1.29, 1.82) is 0 Å². The van der Waals surface area contributed by atoms with Gasteiger partial charge < -0.3 is 0 Å². The van der Waals surface area contributed by atoms with Crippen molar-refractivity contribution in [1.82, 2.24) is 4.90 Å². The molecule has 0 unspecified atom stereocenters. The maximum Gasteiger partial charge on any atom is 0.0207 e. The van der Waals surface area contributed by atoms with Gasteiger partial charge in [0.1, 0.15) is 0 Å². The summed E-state index contributed by atoms with van der Waals surface area (Å²) in [4.78, 5) is 2.57. The highest BCUT2D eigenvalue weighted by Gasteiger charge is 2.28. The van der Waals surface area contributed by atoms with E-state index in [0.29, 0.717) is 0 Å². The van der Waals surface area contributed by atoms with Gasteiger partial charge in [0.25, 0.3) is 0 Å². The molecule has 18 heavy (non-hydrogen) atoms. The monoisotopic (exact) mass is 249 g/mol. The van der Waals surface area contributed by atoms with Gasteiger partial charge in [-0.2, -0.15) is 0 Å². The van der Waals surface area contributed by atoms with E-state index in [9.17, 15) is 0 Å². The summed E-state index contributed by atoms with van der Waals surface area (Å²) in [6.07, 6.45) is 5.95. The lowest BCUT2D eigenvalue weighted by molar-refractivity contribution is 0.301. The summed E-state index contributed by atoms with van der Waals surface area (Å²) in [7, 11) is 0. The van der Waals surface area contributed by atoms with Crippen LogP contribution in [0.5, 0.6) is 0 Å². The van der Waals surface area contributed by atoms with Crippen LogP contribution in [0.4, 0.5) is 0 Å². The zero-order valence-electron chi connectivity index (χ0n) is 13.4. The lowest BCUT2D eigenvalue weighted by Gasteiger charge is -2.33. The third-order valence-corrected chi connectivity index (χ3v) is 3.61. The first-order valence-electron chi connectivity index (χ1n) is 7.29. The molecule has 1 heteroatoms. The smallest absolute Gasteiger partial charge is 0.0207 e. The molecule has 0 aliphatic carbocycles. The van der Waals surface area contributed by atoms with E-state index < -0.39 is 0 Å². The zero-order chi connectivity index (χ0) is 14.0. The molecule has 0 spiro atoms. The Morgan fingerprint density at radius 3 is 2.11 bits per heavy atom. The first-order chi connectivity index (χ1) is 8.16. The molecule has 1 aliphatic rings.